The molecule has 0 heterocycles. The molecule has 1 N–H and O–H groups in total. The van der Waals surface area contributed by atoms with Crippen LogP contribution in [0.1, 0.15) is 19.4 Å². The average Bonchev–Trinajstić information content (AvgIpc) is 2.31. The number of nitrogens with one attached hydrogen (secondary N) is 1. The van der Waals surface area contributed by atoms with Gasteiger partial charge >= 0.3 is 5.97 Å². The molecule has 0 spiro atoms. The Morgan fingerprint density at radius 2 is 1.89 bits per heavy atom. The molecule has 0 unspecified atom stereocenters. The first-order valence-electron chi connectivity index (χ1n) is 5.71. The number of rotatable bonds is 5. The van der Waals surface area contributed by atoms with Crippen molar-refractivity contribution in [1.82, 2.24) is 5.32 Å². The summed E-state index contributed by atoms with van der Waals surface area (Å²) in [5.74, 6) is -0.160. The van der Waals surface area contributed by atoms with Crippen LogP contribution in [-0.2, 0) is 16.1 Å². The maximum atomic E-state index is 11.6. The van der Waals surface area contributed by atoms with Crippen LogP contribution in [0.2, 0.25) is 10.0 Å². The van der Waals surface area contributed by atoms with Crippen LogP contribution in [-0.4, -0.2) is 19.1 Å². The smallest absolute Gasteiger partial charge is 0.323 e. The summed E-state index contributed by atoms with van der Waals surface area (Å²) >= 11 is 12.1. The van der Waals surface area contributed by atoms with Gasteiger partial charge in [0.25, 0.3) is 0 Å². The summed E-state index contributed by atoms with van der Waals surface area (Å²) in [5, 5.41) is 4.30. The quantitative estimate of drug-likeness (QED) is 0.846. The monoisotopic (exact) mass is 289 g/mol. The summed E-state index contributed by atoms with van der Waals surface area (Å²) in [5.41, 5.74) is 0.787. The predicted molar refractivity (Wildman–Crippen MR) is 73.9 cm³/mol. The number of hydrogen-bond donors (Lipinski definition) is 1. The molecule has 0 fully saturated rings. The van der Waals surface area contributed by atoms with E-state index in [-0.39, 0.29) is 17.9 Å². The van der Waals surface area contributed by atoms with E-state index in [0.29, 0.717) is 16.6 Å². The van der Waals surface area contributed by atoms with Crippen LogP contribution in [0.25, 0.3) is 0 Å². The number of benzene rings is 1. The average molecular weight is 290 g/mol. The van der Waals surface area contributed by atoms with Gasteiger partial charge in [-0.25, -0.2) is 0 Å². The van der Waals surface area contributed by atoms with E-state index in [0.717, 1.165) is 5.56 Å². The SMILES string of the molecule is COC(=O)[C@H](NCc1c(Cl)cccc1Cl)C(C)C. The van der Waals surface area contributed by atoms with Crippen molar-refractivity contribution in [3.05, 3.63) is 33.8 Å². The number of hydrogen-bond acceptors (Lipinski definition) is 3. The van der Waals surface area contributed by atoms with Crippen LogP contribution in [0.3, 0.4) is 0 Å². The van der Waals surface area contributed by atoms with Crippen molar-refractivity contribution in [2.45, 2.75) is 26.4 Å². The Kier molecular flexibility index (Phi) is 5.93. The minimum Gasteiger partial charge on any atom is -0.468 e. The van der Waals surface area contributed by atoms with Crippen LogP contribution in [0.5, 0.6) is 0 Å². The third-order valence-electron chi connectivity index (χ3n) is 2.68. The molecule has 1 aromatic carbocycles. The Balaban J connectivity index is 2.76. The van der Waals surface area contributed by atoms with E-state index in [2.05, 4.69) is 5.32 Å². The summed E-state index contributed by atoms with van der Waals surface area (Å²) in [6.45, 7) is 4.32. The topological polar surface area (TPSA) is 38.3 Å². The van der Waals surface area contributed by atoms with Crippen molar-refractivity contribution in [3.8, 4) is 0 Å². The van der Waals surface area contributed by atoms with E-state index in [9.17, 15) is 4.79 Å². The largest absolute Gasteiger partial charge is 0.468 e. The number of carbonyl (C=O) groups excluding carboxylic acids is 1. The third kappa shape index (κ3) is 3.87. The predicted octanol–water partition coefficient (Wildman–Crippen LogP) is 3.28. The molecule has 100 valence electrons. The zero-order valence-electron chi connectivity index (χ0n) is 10.7. The highest BCUT2D eigenvalue weighted by Crippen LogP contribution is 2.24. The van der Waals surface area contributed by atoms with Gasteiger partial charge in [-0.1, -0.05) is 43.1 Å². The molecule has 1 rings (SSSR count). The second-order valence-corrected chi connectivity index (χ2v) is 5.14. The molecule has 0 amide bonds. The van der Waals surface area contributed by atoms with Gasteiger partial charge in [-0.3, -0.25) is 10.1 Å². The lowest BCUT2D eigenvalue weighted by atomic mass is 10.0. The van der Waals surface area contributed by atoms with Gasteiger partial charge in [0.2, 0.25) is 0 Å². The van der Waals surface area contributed by atoms with Crippen LogP contribution < -0.4 is 5.32 Å². The molecule has 0 aliphatic heterocycles. The highest BCUT2D eigenvalue weighted by atomic mass is 35.5. The standard InChI is InChI=1S/C13H17Cl2NO2/c1-8(2)12(13(17)18-3)16-7-9-10(14)5-4-6-11(9)15/h4-6,8,12,16H,7H2,1-3H3/t12-/m1/s1. The van der Waals surface area contributed by atoms with Gasteiger partial charge in [-0.15, -0.1) is 0 Å². The normalized spacial score (nSPS) is 12.6. The van der Waals surface area contributed by atoms with E-state index >= 15 is 0 Å². The zero-order valence-corrected chi connectivity index (χ0v) is 12.2. The summed E-state index contributed by atoms with van der Waals surface area (Å²) < 4.78 is 4.76. The molecule has 5 heteroatoms. The van der Waals surface area contributed by atoms with Crippen molar-refractivity contribution >= 4 is 29.2 Å². The fourth-order valence-electron chi connectivity index (χ4n) is 1.63. The first-order valence-corrected chi connectivity index (χ1v) is 6.47. The van der Waals surface area contributed by atoms with E-state index in [1.54, 1.807) is 18.2 Å². The van der Waals surface area contributed by atoms with Gasteiger partial charge in [0.05, 0.1) is 7.11 Å². The minimum atomic E-state index is -0.373. The molecular weight excluding hydrogens is 273 g/mol. The number of esters is 1. The van der Waals surface area contributed by atoms with E-state index < -0.39 is 0 Å². The highest BCUT2D eigenvalue weighted by Gasteiger charge is 2.22. The Labute approximate surface area is 117 Å². The van der Waals surface area contributed by atoms with Crippen molar-refractivity contribution in [2.75, 3.05) is 7.11 Å². The molecule has 1 aromatic rings. The van der Waals surface area contributed by atoms with Gasteiger partial charge in [-0.05, 0) is 18.1 Å². The second kappa shape index (κ2) is 6.98. The van der Waals surface area contributed by atoms with Crippen molar-refractivity contribution in [1.29, 1.82) is 0 Å². The van der Waals surface area contributed by atoms with Crippen molar-refractivity contribution in [3.63, 3.8) is 0 Å². The maximum Gasteiger partial charge on any atom is 0.323 e. The minimum absolute atomic E-state index is 0.124. The van der Waals surface area contributed by atoms with Gasteiger partial charge in [0.15, 0.2) is 0 Å². The van der Waals surface area contributed by atoms with E-state index in [4.69, 9.17) is 27.9 Å². The molecule has 0 saturated carbocycles. The van der Waals surface area contributed by atoms with Crippen molar-refractivity contribution < 1.29 is 9.53 Å². The lowest BCUT2D eigenvalue weighted by Gasteiger charge is -2.20. The molecule has 1 atom stereocenters. The summed E-state index contributed by atoms with van der Waals surface area (Å²) in [4.78, 5) is 11.6. The van der Waals surface area contributed by atoms with Crippen molar-refractivity contribution in [2.24, 2.45) is 5.92 Å². The summed E-state index contributed by atoms with van der Waals surface area (Å²) in [6, 6.07) is 4.95. The molecule has 0 radical (unpaired) electrons. The lowest BCUT2D eigenvalue weighted by Crippen LogP contribution is -2.41. The van der Waals surface area contributed by atoms with Gasteiger partial charge in [-0.2, -0.15) is 0 Å². The number of carbonyl (C=O) groups is 1. The number of ether oxygens (including phenoxy) is 1. The Morgan fingerprint density at radius 1 is 1.33 bits per heavy atom. The fraction of sp³-hybridized carbons (Fsp3) is 0.462. The lowest BCUT2D eigenvalue weighted by molar-refractivity contribution is -0.144. The van der Waals surface area contributed by atoms with Crippen LogP contribution in [0.4, 0.5) is 0 Å². The summed E-state index contributed by atoms with van der Waals surface area (Å²) in [7, 11) is 1.38. The number of methoxy groups -OCH3 is 1. The highest BCUT2D eigenvalue weighted by molar-refractivity contribution is 6.35. The first-order chi connectivity index (χ1) is 8.47. The van der Waals surface area contributed by atoms with Crippen LogP contribution in [0, 0.1) is 5.92 Å². The third-order valence-corrected chi connectivity index (χ3v) is 3.39. The molecular formula is C13H17Cl2NO2. The second-order valence-electron chi connectivity index (χ2n) is 4.33. The van der Waals surface area contributed by atoms with Gasteiger partial charge < -0.3 is 4.74 Å². The van der Waals surface area contributed by atoms with E-state index in [1.165, 1.54) is 7.11 Å². The molecule has 0 aromatic heterocycles. The van der Waals surface area contributed by atoms with Gasteiger partial charge in [0, 0.05) is 22.2 Å². The molecule has 18 heavy (non-hydrogen) atoms. The Hall–Kier alpha value is -0.770. The zero-order chi connectivity index (χ0) is 13.7. The number of halogens is 2. The molecule has 0 aliphatic rings. The van der Waals surface area contributed by atoms with Crippen LogP contribution in [0.15, 0.2) is 18.2 Å². The molecule has 0 bridgehead atoms. The van der Waals surface area contributed by atoms with Crippen LogP contribution >= 0.6 is 23.2 Å². The maximum absolute atomic E-state index is 11.6. The summed E-state index contributed by atoms with van der Waals surface area (Å²) in [6.07, 6.45) is 0. The van der Waals surface area contributed by atoms with E-state index in [1.807, 2.05) is 13.8 Å². The Bertz CT molecular complexity index is 401. The molecule has 0 saturated heterocycles. The molecule has 3 nitrogen and oxygen atoms in total. The Morgan fingerprint density at radius 3 is 2.33 bits per heavy atom. The van der Waals surface area contributed by atoms with Gasteiger partial charge in [0.1, 0.15) is 6.04 Å². The molecule has 0 aliphatic carbocycles. The fourth-order valence-corrected chi connectivity index (χ4v) is 2.16. The first kappa shape index (κ1) is 15.3.